The van der Waals surface area contributed by atoms with Crippen LogP contribution in [0.25, 0.3) is 0 Å². The zero-order valence-electron chi connectivity index (χ0n) is 15.3. The highest BCUT2D eigenvalue weighted by molar-refractivity contribution is 5.89. The monoisotopic (exact) mass is 389 g/mol. The van der Waals surface area contributed by atoms with Crippen molar-refractivity contribution in [3.63, 3.8) is 0 Å². The van der Waals surface area contributed by atoms with Gasteiger partial charge in [-0.2, -0.15) is 9.65 Å². The van der Waals surface area contributed by atoms with Crippen molar-refractivity contribution in [2.45, 2.75) is 25.9 Å². The standard InChI is InChI=1S/C19H18F3N5O/c1-11-10-27(19(28)25-13-3-4-24-18(22)5-13)12(2)9-26(11)14-6-16(20)15(8-23)17(21)7-14/h3-7,11-12H,9-10H2,1-2H3,(H,24,25,28)/t11-,12-/m0/s1. The molecule has 6 nitrogen and oxygen atoms in total. The Kier molecular flexibility index (Phi) is 5.40. The Morgan fingerprint density at radius 1 is 1.18 bits per heavy atom. The van der Waals surface area contributed by atoms with Crippen molar-refractivity contribution in [3.8, 4) is 6.07 Å². The number of urea groups is 1. The Labute approximate surface area is 160 Å². The van der Waals surface area contributed by atoms with E-state index in [4.69, 9.17) is 5.26 Å². The molecule has 9 heteroatoms. The van der Waals surface area contributed by atoms with Crippen LogP contribution in [-0.4, -0.2) is 41.1 Å². The quantitative estimate of drug-likeness (QED) is 0.798. The molecule has 0 spiro atoms. The second-order valence-electron chi connectivity index (χ2n) is 6.70. The summed E-state index contributed by atoms with van der Waals surface area (Å²) in [6, 6.07) is 5.44. The summed E-state index contributed by atoms with van der Waals surface area (Å²) in [4.78, 5) is 19.4. The number of benzene rings is 1. The van der Waals surface area contributed by atoms with E-state index in [1.165, 1.54) is 18.3 Å². The number of amides is 2. The summed E-state index contributed by atoms with van der Waals surface area (Å²) in [7, 11) is 0. The van der Waals surface area contributed by atoms with Crippen LogP contribution in [0.4, 0.5) is 29.3 Å². The van der Waals surface area contributed by atoms with Crippen LogP contribution in [-0.2, 0) is 0 Å². The molecule has 0 unspecified atom stereocenters. The number of carbonyl (C=O) groups is 1. The van der Waals surface area contributed by atoms with Crippen molar-refractivity contribution >= 4 is 17.4 Å². The van der Waals surface area contributed by atoms with Gasteiger partial charge in [-0.25, -0.2) is 18.6 Å². The second-order valence-corrected chi connectivity index (χ2v) is 6.70. The van der Waals surface area contributed by atoms with E-state index in [2.05, 4.69) is 10.3 Å². The van der Waals surface area contributed by atoms with E-state index in [1.54, 1.807) is 9.80 Å². The fourth-order valence-electron chi connectivity index (χ4n) is 3.28. The highest BCUT2D eigenvalue weighted by Crippen LogP contribution is 2.27. The first kappa shape index (κ1) is 19.5. The maximum Gasteiger partial charge on any atom is 0.322 e. The first-order valence-corrected chi connectivity index (χ1v) is 8.65. The Bertz CT molecular complexity index is 922. The number of hydrogen-bond acceptors (Lipinski definition) is 4. The zero-order valence-corrected chi connectivity index (χ0v) is 15.3. The van der Waals surface area contributed by atoms with Crippen LogP contribution in [0.3, 0.4) is 0 Å². The van der Waals surface area contributed by atoms with Gasteiger partial charge in [0.05, 0.1) is 0 Å². The third kappa shape index (κ3) is 3.86. The topological polar surface area (TPSA) is 72.3 Å². The fraction of sp³-hybridized carbons (Fsp3) is 0.316. The molecule has 2 aromatic rings. The molecule has 2 amide bonds. The minimum atomic E-state index is -0.919. The smallest absolute Gasteiger partial charge is 0.322 e. The van der Waals surface area contributed by atoms with E-state index >= 15 is 0 Å². The number of carbonyl (C=O) groups excluding carboxylic acids is 1. The Morgan fingerprint density at radius 3 is 2.46 bits per heavy atom. The van der Waals surface area contributed by atoms with Crippen molar-refractivity contribution in [3.05, 3.63) is 53.6 Å². The molecule has 0 bridgehead atoms. The Balaban J connectivity index is 1.75. The van der Waals surface area contributed by atoms with E-state index < -0.39 is 29.2 Å². The maximum atomic E-state index is 14.0. The van der Waals surface area contributed by atoms with E-state index in [0.29, 0.717) is 18.8 Å². The van der Waals surface area contributed by atoms with Gasteiger partial charge in [0.2, 0.25) is 5.95 Å². The van der Waals surface area contributed by atoms with Gasteiger partial charge in [-0.3, -0.25) is 0 Å². The summed E-state index contributed by atoms with van der Waals surface area (Å²) in [5, 5.41) is 11.4. The molecular formula is C19H18F3N5O. The third-order valence-corrected chi connectivity index (χ3v) is 4.69. The van der Waals surface area contributed by atoms with Crippen molar-refractivity contribution in [2.24, 2.45) is 0 Å². The van der Waals surface area contributed by atoms with Crippen molar-refractivity contribution < 1.29 is 18.0 Å². The molecule has 3 rings (SSSR count). The van der Waals surface area contributed by atoms with Crippen LogP contribution >= 0.6 is 0 Å². The summed E-state index contributed by atoms with van der Waals surface area (Å²) in [6.07, 6.45) is 1.25. The summed E-state index contributed by atoms with van der Waals surface area (Å²) in [5.41, 5.74) is -0.0207. The molecule has 1 aromatic carbocycles. The third-order valence-electron chi connectivity index (χ3n) is 4.69. The molecule has 28 heavy (non-hydrogen) atoms. The minimum Gasteiger partial charge on any atom is -0.365 e. The first-order chi connectivity index (χ1) is 13.3. The molecule has 0 saturated carbocycles. The molecule has 1 aromatic heterocycles. The Morgan fingerprint density at radius 2 is 1.86 bits per heavy atom. The van der Waals surface area contributed by atoms with Crippen LogP contribution in [0.15, 0.2) is 30.5 Å². The van der Waals surface area contributed by atoms with Gasteiger partial charge in [-0.15, -0.1) is 0 Å². The van der Waals surface area contributed by atoms with Crippen LogP contribution < -0.4 is 10.2 Å². The summed E-state index contributed by atoms with van der Waals surface area (Å²) in [6.45, 7) is 4.27. The predicted molar refractivity (Wildman–Crippen MR) is 97.3 cm³/mol. The van der Waals surface area contributed by atoms with Gasteiger partial charge in [0, 0.05) is 48.8 Å². The number of nitrogens with zero attached hydrogens (tertiary/aromatic N) is 4. The second kappa shape index (κ2) is 7.76. The lowest BCUT2D eigenvalue weighted by atomic mass is 10.1. The van der Waals surface area contributed by atoms with Crippen LogP contribution in [0.2, 0.25) is 0 Å². The SMILES string of the molecule is C[C@H]1CN(c2cc(F)c(C#N)c(F)c2)[C@@H](C)CN1C(=O)Nc1ccnc(F)c1. The number of nitrogens with one attached hydrogen (secondary N) is 1. The summed E-state index contributed by atoms with van der Waals surface area (Å²) in [5.74, 6) is -2.54. The maximum absolute atomic E-state index is 14.0. The molecule has 2 heterocycles. The van der Waals surface area contributed by atoms with E-state index in [1.807, 2.05) is 13.8 Å². The fourth-order valence-corrected chi connectivity index (χ4v) is 3.28. The average Bonchev–Trinajstić information content (AvgIpc) is 2.63. The molecular weight excluding hydrogens is 371 g/mol. The summed E-state index contributed by atoms with van der Waals surface area (Å²) < 4.78 is 41.1. The van der Waals surface area contributed by atoms with E-state index in [-0.39, 0.29) is 17.8 Å². The largest absolute Gasteiger partial charge is 0.365 e. The highest BCUT2D eigenvalue weighted by Gasteiger charge is 2.33. The number of rotatable bonds is 2. The van der Waals surface area contributed by atoms with Gasteiger partial charge in [0.1, 0.15) is 23.3 Å². The lowest BCUT2D eigenvalue weighted by Crippen LogP contribution is -2.59. The molecule has 0 aliphatic carbocycles. The molecule has 146 valence electrons. The van der Waals surface area contributed by atoms with Gasteiger partial charge in [0.15, 0.2) is 0 Å². The molecule has 1 aliphatic rings. The number of pyridine rings is 1. The van der Waals surface area contributed by atoms with E-state index in [9.17, 15) is 18.0 Å². The first-order valence-electron chi connectivity index (χ1n) is 8.65. The number of hydrogen-bond donors (Lipinski definition) is 1. The molecule has 1 saturated heterocycles. The Hall–Kier alpha value is -3.28. The van der Waals surface area contributed by atoms with Crippen LogP contribution in [0, 0.1) is 28.9 Å². The molecule has 1 N–H and O–H groups in total. The van der Waals surface area contributed by atoms with Gasteiger partial charge >= 0.3 is 6.03 Å². The number of anilines is 2. The van der Waals surface area contributed by atoms with Crippen molar-refractivity contribution in [2.75, 3.05) is 23.3 Å². The number of aromatic nitrogens is 1. The predicted octanol–water partition coefficient (Wildman–Crippen LogP) is 3.50. The average molecular weight is 389 g/mol. The lowest BCUT2D eigenvalue weighted by molar-refractivity contribution is 0.173. The van der Waals surface area contributed by atoms with Crippen LogP contribution in [0.5, 0.6) is 0 Å². The molecule has 1 fully saturated rings. The van der Waals surface area contributed by atoms with Gasteiger partial charge in [0.25, 0.3) is 0 Å². The van der Waals surface area contributed by atoms with Gasteiger partial charge in [-0.1, -0.05) is 0 Å². The number of piperazine rings is 1. The normalized spacial score (nSPS) is 19.3. The number of halogens is 3. The highest BCUT2D eigenvalue weighted by atomic mass is 19.1. The van der Waals surface area contributed by atoms with Gasteiger partial charge in [-0.05, 0) is 32.0 Å². The summed E-state index contributed by atoms with van der Waals surface area (Å²) >= 11 is 0. The lowest BCUT2D eigenvalue weighted by Gasteiger charge is -2.45. The molecule has 1 aliphatic heterocycles. The zero-order chi connectivity index (χ0) is 20.4. The minimum absolute atomic E-state index is 0.233. The van der Waals surface area contributed by atoms with Crippen LogP contribution in [0.1, 0.15) is 19.4 Å². The van der Waals surface area contributed by atoms with Crippen molar-refractivity contribution in [1.29, 1.82) is 5.26 Å². The van der Waals surface area contributed by atoms with E-state index in [0.717, 1.165) is 18.2 Å². The number of nitriles is 1. The van der Waals surface area contributed by atoms with Gasteiger partial charge < -0.3 is 15.1 Å². The molecule has 2 atom stereocenters. The van der Waals surface area contributed by atoms with Crippen molar-refractivity contribution in [1.82, 2.24) is 9.88 Å². The molecule has 0 radical (unpaired) electrons.